The van der Waals surface area contributed by atoms with Crippen molar-refractivity contribution < 1.29 is 27.2 Å². The molecule has 0 saturated carbocycles. The van der Waals surface area contributed by atoms with Crippen LogP contribution < -0.4 is 5.32 Å². The molecule has 134 valence electrons. The number of anilines is 1. The third-order valence-corrected chi connectivity index (χ3v) is 5.13. The van der Waals surface area contributed by atoms with Crippen LogP contribution >= 0.6 is 0 Å². The zero-order valence-corrected chi connectivity index (χ0v) is 14.8. The first-order valence-electron chi connectivity index (χ1n) is 7.25. The molecule has 0 bridgehead atoms. The maximum atomic E-state index is 12.2. The summed E-state index contributed by atoms with van der Waals surface area (Å²) < 4.78 is 35.1. The Labute approximate surface area is 145 Å². The van der Waals surface area contributed by atoms with E-state index in [2.05, 4.69) is 5.32 Å². The van der Waals surface area contributed by atoms with Gasteiger partial charge in [0.2, 0.25) is 15.8 Å². The Morgan fingerprint density at radius 3 is 2.56 bits per heavy atom. The van der Waals surface area contributed by atoms with Gasteiger partial charge in [-0.1, -0.05) is 6.07 Å². The van der Waals surface area contributed by atoms with Crippen molar-refractivity contribution in [3.8, 4) is 0 Å². The molecule has 1 amide bonds. The molecule has 9 heteroatoms. The van der Waals surface area contributed by atoms with E-state index in [1.807, 2.05) is 0 Å². The normalized spacial score (nSPS) is 11.4. The highest BCUT2D eigenvalue weighted by Crippen LogP contribution is 2.22. The van der Waals surface area contributed by atoms with E-state index in [4.69, 9.17) is 9.15 Å². The Bertz CT molecular complexity index is 872. The van der Waals surface area contributed by atoms with E-state index in [1.165, 1.54) is 44.6 Å². The summed E-state index contributed by atoms with van der Waals surface area (Å²) in [6.07, 6.45) is 1.32. The fraction of sp³-hybridized carbons (Fsp3) is 0.250. The Balaban J connectivity index is 2.06. The van der Waals surface area contributed by atoms with Crippen molar-refractivity contribution in [2.75, 3.05) is 26.0 Å². The van der Waals surface area contributed by atoms with Gasteiger partial charge in [0.25, 0.3) is 5.91 Å². The van der Waals surface area contributed by atoms with Gasteiger partial charge in [-0.2, -0.15) is 0 Å². The molecule has 0 fully saturated rings. The summed E-state index contributed by atoms with van der Waals surface area (Å²) in [6, 6.07) is 7.34. The summed E-state index contributed by atoms with van der Waals surface area (Å²) in [4.78, 5) is 23.6. The molecule has 0 spiro atoms. The third kappa shape index (κ3) is 4.46. The van der Waals surface area contributed by atoms with Gasteiger partial charge in [-0.3, -0.25) is 4.79 Å². The number of esters is 1. The highest BCUT2D eigenvalue weighted by Gasteiger charge is 2.19. The van der Waals surface area contributed by atoms with Crippen LogP contribution in [-0.2, 0) is 19.6 Å². The topological polar surface area (TPSA) is 106 Å². The molecule has 8 nitrogen and oxygen atoms in total. The predicted molar refractivity (Wildman–Crippen MR) is 89.7 cm³/mol. The molecule has 0 aliphatic heterocycles. The molecule has 1 N–H and O–H groups in total. The number of hydrogen-bond acceptors (Lipinski definition) is 6. The first-order chi connectivity index (χ1) is 11.7. The first kappa shape index (κ1) is 18.7. The van der Waals surface area contributed by atoms with E-state index in [9.17, 15) is 18.0 Å². The molecular formula is C16H18N2O6S. The summed E-state index contributed by atoms with van der Waals surface area (Å²) in [5.74, 6) is -1.37. The van der Waals surface area contributed by atoms with Gasteiger partial charge < -0.3 is 14.5 Å². The minimum absolute atomic E-state index is 0.0111. The molecule has 0 aliphatic rings. The van der Waals surface area contributed by atoms with Gasteiger partial charge >= 0.3 is 5.97 Å². The van der Waals surface area contributed by atoms with Crippen molar-refractivity contribution in [1.29, 1.82) is 0 Å². The number of amides is 1. The zero-order valence-electron chi connectivity index (χ0n) is 14.0. The standard InChI is InChI=1S/C16H18N2O6S/c1-11-6-7-12(25(21,22)18(2)3)9-13(11)17-15(19)10-24-16(20)14-5-4-8-23-14/h4-9H,10H2,1-3H3,(H,17,19). The van der Waals surface area contributed by atoms with Crippen LogP contribution in [0.1, 0.15) is 16.1 Å². The van der Waals surface area contributed by atoms with Gasteiger partial charge in [0.05, 0.1) is 11.2 Å². The monoisotopic (exact) mass is 366 g/mol. The van der Waals surface area contributed by atoms with E-state index in [0.29, 0.717) is 11.3 Å². The van der Waals surface area contributed by atoms with Gasteiger partial charge in [-0.15, -0.1) is 0 Å². The second-order valence-electron chi connectivity index (χ2n) is 5.37. The summed E-state index contributed by atoms with van der Waals surface area (Å²) in [7, 11) is -0.787. The Morgan fingerprint density at radius 2 is 1.96 bits per heavy atom. The lowest BCUT2D eigenvalue weighted by molar-refractivity contribution is -0.119. The van der Waals surface area contributed by atoms with Gasteiger partial charge in [-0.25, -0.2) is 17.5 Å². The average Bonchev–Trinajstić information content (AvgIpc) is 3.09. The molecule has 1 heterocycles. The molecule has 0 saturated heterocycles. The average molecular weight is 366 g/mol. The number of furan rings is 1. The lowest BCUT2D eigenvalue weighted by Gasteiger charge is -2.14. The molecule has 0 unspecified atom stereocenters. The van der Waals surface area contributed by atoms with E-state index >= 15 is 0 Å². The smallest absolute Gasteiger partial charge is 0.374 e. The second kappa shape index (κ2) is 7.49. The summed E-state index contributed by atoms with van der Waals surface area (Å²) in [6.45, 7) is 1.19. The number of aryl methyl sites for hydroxylation is 1. The molecular weight excluding hydrogens is 348 g/mol. The third-order valence-electron chi connectivity index (χ3n) is 3.32. The SMILES string of the molecule is Cc1ccc(S(=O)(=O)N(C)C)cc1NC(=O)COC(=O)c1ccco1. The number of benzene rings is 1. The van der Waals surface area contributed by atoms with Crippen molar-refractivity contribution in [2.45, 2.75) is 11.8 Å². The lowest BCUT2D eigenvalue weighted by Crippen LogP contribution is -2.23. The molecule has 25 heavy (non-hydrogen) atoms. The Hall–Kier alpha value is -2.65. The number of nitrogens with zero attached hydrogens (tertiary/aromatic N) is 1. The summed E-state index contributed by atoms with van der Waals surface area (Å²) in [5.41, 5.74) is 0.991. The van der Waals surface area contributed by atoms with Crippen molar-refractivity contribution >= 4 is 27.6 Å². The predicted octanol–water partition coefficient (Wildman–Crippen LogP) is 1.63. The van der Waals surface area contributed by atoms with E-state index < -0.39 is 28.5 Å². The molecule has 0 radical (unpaired) electrons. The summed E-state index contributed by atoms with van der Waals surface area (Å²) in [5, 5.41) is 2.53. The quantitative estimate of drug-likeness (QED) is 0.779. The molecule has 1 aromatic heterocycles. The van der Waals surface area contributed by atoms with Crippen LogP contribution in [0.25, 0.3) is 0 Å². The van der Waals surface area contributed by atoms with Crippen LogP contribution in [0.4, 0.5) is 5.69 Å². The lowest BCUT2D eigenvalue weighted by atomic mass is 10.2. The fourth-order valence-electron chi connectivity index (χ4n) is 1.89. The molecule has 2 rings (SSSR count). The van der Waals surface area contributed by atoms with E-state index in [1.54, 1.807) is 13.0 Å². The number of rotatable bonds is 6. The Morgan fingerprint density at radius 1 is 1.24 bits per heavy atom. The second-order valence-corrected chi connectivity index (χ2v) is 7.52. The van der Waals surface area contributed by atoms with E-state index in [-0.39, 0.29) is 10.7 Å². The number of carbonyl (C=O) groups is 2. The van der Waals surface area contributed by atoms with Crippen LogP contribution in [-0.4, -0.2) is 45.3 Å². The number of sulfonamides is 1. The largest absolute Gasteiger partial charge is 0.457 e. The highest BCUT2D eigenvalue weighted by atomic mass is 32.2. The highest BCUT2D eigenvalue weighted by molar-refractivity contribution is 7.89. The number of hydrogen-bond donors (Lipinski definition) is 1. The number of ether oxygens (including phenoxy) is 1. The van der Waals surface area contributed by atoms with Crippen LogP contribution in [0.5, 0.6) is 0 Å². The molecule has 0 atom stereocenters. The van der Waals surface area contributed by atoms with Gasteiger partial charge in [-0.05, 0) is 36.8 Å². The molecule has 2 aromatic rings. The van der Waals surface area contributed by atoms with Crippen LogP contribution in [0.2, 0.25) is 0 Å². The van der Waals surface area contributed by atoms with Gasteiger partial charge in [0.15, 0.2) is 6.61 Å². The zero-order chi connectivity index (χ0) is 18.6. The van der Waals surface area contributed by atoms with Crippen LogP contribution in [0.3, 0.4) is 0 Å². The van der Waals surface area contributed by atoms with Crippen molar-refractivity contribution in [3.63, 3.8) is 0 Å². The van der Waals surface area contributed by atoms with E-state index in [0.717, 1.165) is 4.31 Å². The van der Waals surface area contributed by atoms with Gasteiger partial charge in [0.1, 0.15) is 0 Å². The summed E-state index contributed by atoms with van der Waals surface area (Å²) >= 11 is 0. The van der Waals surface area contributed by atoms with Crippen molar-refractivity contribution in [2.24, 2.45) is 0 Å². The fourth-order valence-corrected chi connectivity index (χ4v) is 2.82. The maximum absolute atomic E-state index is 12.2. The van der Waals surface area contributed by atoms with Crippen molar-refractivity contribution in [1.82, 2.24) is 4.31 Å². The maximum Gasteiger partial charge on any atom is 0.374 e. The van der Waals surface area contributed by atoms with Gasteiger partial charge in [0, 0.05) is 19.8 Å². The Kier molecular flexibility index (Phi) is 5.60. The van der Waals surface area contributed by atoms with Crippen LogP contribution in [0.15, 0.2) is 45.9 Å². The first-order valence-corrected chi connectivity index (χ1v) is 8.69. The minimum atomic E-state index is -3.62. The number of nitrogens with one attached hydrogen (secondary N) is 1. The molecule has 1 aromatic carbocycles. The molecule has 0 aliphatic carbocycles. The van der Waals surface area contributed by atoms with Crippen molar-refractivity contribution in [3.05, 3.63) is 47.9 Å². The minimum Gasteiger partial charge on any atom is -0.457 e. The number of carbonyl (C=O) groups excluding carboxylic acids is 2. The van der Waals surface area contributed by atoms with Crippen LogP contribution in [0, 0.1) is 6.92 Å².